The molecule has 0 aliphatic carbocycles. The molecular weight excluding hydrogens is 232 g/mol. The number of aromatic carboxylic acids is 1. The standard InChI is InChI=1S/C12H14N4O2/c1-15(7-9-6-14-16(2)8-9)10-4-3-5-13-11(10)12(17)18/h3-6,8H,7H2,1-2H3,(H,17,18). The number of pyridine rings is 1. The van der Waals surface area contributed by atoms with Crippen molar-refractivity contribution in [1.29, 1.82) is 0 Å². The van der Waals surface area contributed by atoms with Gasteiger partial charge in [-0.1, -0.05) is 0 Å². The number of hydrogen-bond donors (Lipinski definition) is 1. The van der Waals surface area contributed by atoms with Gasteiger partial charge in [0.2, 0.25) is 0 Å². The maximum atomic E-state index is 11.1. The van der Waals surface area contributed by atoms with Crippen LogP contribution in [-0.4, -0.2) is 32.9 Å². The van der Waals surface area contributed by atoms with Crippen molar-refractivity contribution in [2.45, 2.75) is 6.54 Å². The van der Waals surface area contributed by atoms with Crippen molar-refractivity contribution in [3.05, 3.63) is 42.0 Å². The fourth-order valence-corrected chi connectivity index (χ4v) is 1.78. The van der Waals surface area contributed by atoms with Crippen molar-refractivity contribution in [3.63, 3.8) is 0 Å². The molecule has 0 spiro atoms. The molecule has 2 aromatic heterocycles. The van der Waals surface area contributed by atoms with Gasteiger partial charge in [0.25, 0.3) is 0 Å². The molecule has 6 nitrogen and oxygen atoms in total. The third-order valence-electron chi connectivity index (χ3n) is 2.58. The molecule has 0 unspecified atom stereocenters. The zero-order valence-electron chi connectivity index (χ0n) is 10.2. The van der Waals surface area contributed by atoms with Crippen LogP contribution in [0.2, 0.25) is 0 Å². The summed E-state index contributed by atoms with van der Waals surface area (Å²) in [6.45, 7) is 0.583. The second-order valence-electron chi connectivity index (χ2n) is 4.05. The summed E-state index contributed by atoms with van der Waals surface area (Å²) < 4.78 is 1.71. The normalized spacial score (nSPS) is 10.3. The minimum atomic E-state index is -1.02. The maximum Gasteiger partial charge on any atom is 0.356 e. The van der Waals surface area contributed by atoms with Crippen LogP contribution >= 0.6 is 0 Å². The summed E-state index contributed by atoms with van der Waals surface area (Å²) in [6.07, 6.45) is 5.13. The Bertz CT molecular complexity index is 565. The predicted octanol–water partition coefficient (Wildman–Crippen LogP) is 1.15. The van der Waals surface area contributed by atoms with Crippen LogP contribution < -0.4 is 4.90 Å². The molecule has 0 aromatic carbocycles. The van der Waals surface area contributed by atoms with E-state index in [2.05, 4.69) is 10.1 Å². The lowest BCUT2D eigenvalue weighted by atomic mass is 10.2. The molecule has 0 bridgehead atoms. The number of carboxylic acid groups (broad SMARTS) is 1. The van der Waals surface area contributed by atoms with E-state index in [-0.39, 0.29) is 5.69 Å². The Kier molecular flexibility index (Phi) is 3.27. The second-order valence-corrected chi connectivity index (χ2v) is 4.05. The molecular formula is C12H14N4O2. The van der Waals surface area contributed by atoms with Crippen LogP contribution in [0.25, 0.3) is 0 Å². The number of carbonyl (C=O) groups is 1. The van der Waals surface area contributed by atoms with Gasteiger partial charge in [-0.05, 0) is 12.1 Å². The molecule has 0 aliphatic rings. The average molecular weight is 246 g/mol. The Balaban J connectivity index is 2.23. The quantitative estimate of drug-likeness (QED) is 0.876. The molecule has 0 atom stereocenters. The van der Waals surface area contributed by atoms with Crippen LogP contribution in [0.1, 0.15) is 16.1 Å². The number of carboxylic acids is 1. The highest BCUT2D eigenvalue weighted by Gasteiger charge is 2.14. The summed E-state index contributed by atoms with van der Waals surface area (Å²) in [7, 11) is 3.67. The van der Waals surface area contributed by atoms with E-state index >= 15 is 0 Å². The highest BCUT2D eigenvalue weighted by molar-refractivity contribution is 5.92. The molecule has 0 saturated heterocycles. The van der Waals surface area contributed by atoms with E-state index in [9.17, 15) is 4.79 Å². The summed E-state index contributed by atoms with van der Waals surface area (Å²) in [5, 5.41) is 13.2. The fourth-order valence-electron chi connectivity index (χ4n) is 1.78. The summed E-state index contributed by atoms with van der Waals surface area (Å²) in [5.74, 6) is -1.02. The van der Waals surface area contributed by atoms with Crippen molar-refractivity contribution in [3.8, 4) is 0 Å². The molecule has 0 fully saturated rings. The zero-order valence-corrected chi connectivity index (χ0v) is 10.2. The van der Waals surface area contributed by atoms with Gasteiger partial charge in [0.05, 0.1) is 11.9 Å². The van der Waals surface area contributed by atoms with E-state index in [1.807, 2.05) is 25.2 Å². The summed E-state index contributed by atoms with van der Waals surface area (Å²) in [5.41, 5.74) is 1.66. The number of hydrogen-bond acceptors (Lipinski definition) is 4. The van der Waals surface area contributed by atoms with Gasteiger partial charge in [0, 0.05) is 38.6 Å². The van der Waals surface area contributed by atoms with Crippen LogP contribution in [0.5, 0.6) is 0 Å². The summed E-state index contributed by atoms with van der Waals surface area (Å²) >= 11 is 0. The van der Waals surface area contributed by atoms with Crippen LogP contribution in [0.15, 0.2) is 30.7 Å². The summed E-state index contributed by atoms with van der Waals surface area (Å²) in [4.78, 5) is 16.8. The average Bonchev–Trinajstić information content (AvgIpc) is 2.74. The minimum absolute atomic E-state index is 0.0592. The number of anilines is 1. The fraction of sp³-hybridized carbons (Fsp3) is 0.250. The number of nitrogens with zero attached hydrogens (tertiary/aromatic N) is 4. The molecule has 2 heterocycles. The van der Waals surface area contributed by atoms with Crippen molar-refractivity contribution < 1.29 is 9.90 Å². The third-order valence-corrected chi connectivity index (χ3v) is 2.58. The highest BCUT2D eigenvalue weighted by Crippen LogP contribution is 2.18. The first-order valence-corrected chi connectivity index (χ1v) is 5.45. The third kappa shape index (κ3) is 2.48. The van der Waals surface area contributed by atoms with E-state index < -0.39 is 5.97 Å². The number of rotatable bonds is 4. The van der Waals surface area contributed by atoms with Gasteiger partial charge in [-0.2, -0.15) is 5.10 Å². The van der Waals surface area contributed by atoms with Crippen molar-refractivity contribution in [2.24, 2.45) is 7.05 Å². The Morgan fingerprint density at radius 1 is 1.56 bits per heavy atom. The predicted molar refractivity (Wildman–Crippen MR) is 66.5 cm³/mol. The Morgan fingerprint density at radius 2 is 2.33 bits per heavy atom. The van der Waals surface area contributed by atoms with Gasteiger partial charge < -0.3 is 10.0 Å². The molecule has 0 aliphatic heterocycles. The monoisotopic (exact) mass is 246 g/mol. The van der Waals surface area contributed by atoms with Gasteiger partial charge in [0.15, 0.2) is 5.69 Å². The molecule has 0 amide bonds. The first kappa shape index (κ1) is 12.1. The number of aromatic nitrogens is 3. The van der Waals surface area contributed by atoms with E-state index in [0.717, 1.165) is 5.56 Å². The molecule has 1 N–H and O–H groups in total. The van der Waals surface area contributed by atoms with E-state index in [0.29, 0.717) is 12.2 Å². The molecule has 0 saturated carbocycles. The van der Waals surface area contributed by atoms with Crippen LogP contribution in [0.3, 0.4) is 0 Å². The van der Waals surface area contributed by atoms with Gasteiger partial charge >= 0.3 is 5.97 Å². The lowest BCUT2D eigenvalue weighted by Crippen LogP contribution is -2.19. The van der Waals surface area contributed by atoms with Crippen LogP contribution in [0.4, 0.5) is 5.69 Å². The maximum absolute atomic E-state index is 11.1. The van der Waals surface area contributed by atoms with Gasteiger partial charge in [0.1, 0.15) is 0 Å². The van der Waals surface area contributed by atoms with E-state index in [1.54, 1.807) is 23.0 Å². The minimum Gasteiger partial charge on any atom is -0.476 e. The highest BCUT2D eigenvalue weighted by atomic mass is 16.4. The van der Waals surface area contributed by atoms with Gasteiger partial charge in [-0.25, -0.2) is 9.78 Å². The van der Waals surface area contributed by atoms with E-state index in [4.69, 9.17) is 5.11 Å². The van der Waals surface area contributed by atoms with Crippen molar-refractivity contribution >= 4 is 11.7 Å². The van der Waals surface area contributed by atoms with Crippen molar-refractivity contribution in [2.75, 3.05) is 11.9 Å². The first-order valence-electron chi connectivity index (χ1n) is 5.45. The lowest BCUT2D eigenvalue weighted by molar-refractivity contribution is 0.0691. The summed E-state index contributed by atoms with van der Waals surface area (Å²) in [6, 6.07) is 3.47. The van der Waals surface area contributed by atoms with Crippen molar-refractivity contribution in [1.82, 2.24) is 14.8 Å². The Labute approximate surface area is 104 Å². The Hall–Kier alpha value is -2.37. The van der Waals surface area contributed by atoms with E-state index in [1.165, 1.54) is 6.20 Å². The molecule has 6 heteroatoms. The van der Waals surface area contributed by atoms with Crippen LogP contribution in [-0.2, 0) is 13.6 Å². The Morgan fingerprint density at radius 3 is 2.94 bits per heavy atom. The first-order chi connectivity index (χ1) is 8.58. The topological polar surface area (TPSA) is 71.2 Å². The molecule has 2 aromatic rings. The molecule has 94 valence electrons. The SMILES string of the molecule is CN(Cc1cnn(C)c1)c1cccnc1C(=O)O. The lowest BCUT2D eigenvalue weighted by Gasteiger charge is -2.19. The van der Waals surface area contributed by atoms with Gasteiger partial charge in [-0.3, -0.25) is 4.68 Å². The second kappa shape index (κ2) is 4.87. The smallest absolute Gasteiger partial charge is 0.356 e. The van der Waals surface area contributed by atoms with Gasteiger partial charge in [-0.15, -0.1) is 0 Å². The molecule has 0 radical (unpaired) electrons. The molecule has 18 heavy (non-hydrogen) atoms. The largest absolute Gasteiger partial charge is 0.476 e. The number of aryl methyl sites for hydroxylation is 1. The zero-order chi connectivity index (χ0) is 13.1. The van der Waals surface area contributed by atoms with Crippen LogP contribution in [0, 0.1) is 0 Å². The molecule has 2 rings (SSSR count).